The largest absolute Gasteiger partial charge is 0.479 e. The Balaban J connectivity index is 1.84. The number of hydrogen-bond donors (Lipinski definition) is 1. The maximum absolute atomic E-state index is 12.1. The predicted molar refractivity (Wildman–Crippen MR) is 92.8 cm³/mol. The van der Waals surface area contributed by atoms with Gasteiger partial charge in [0.25, 0.3) is 5.91 Å². The highest BCUT2D eigenvalue weighted by Crippen LogP contribution is 2.15. The van der Waals surface area contributed by atoms with Gasteiger partial charge in [-0.2, -0.15) is 5.26 Å². The molecule has 2 rings (SSSR count). The van der Waals surface area contributed by atoms with Crippen molar-refractivity contribution in [3.63, 3.8) is 0 Å². The van der Waals surface area contributed by atoms with Crippen LogP contribution in [0.25, 0.3) is 0 Å². The summed E-state index contributed by atoms with van der Waals surface area (Å²) in [5.74, 6) is 0.0334. The van der Waals surface area contributed by atoms with Gasteiger partial charge in [-0.05, 0) is 45.8 Å². The van der Waals surface area contributed by atoms with Crippen LogP contribution in [-0.4, -0.2) is 36.9 Å². The summed E-state index contributed by atoms with van der Waals surface area (Å²) < 4.78 is 10.8. The highest BCUT2D eigenvalue weighted by molar-refractivity contribution is 9.10. The van der Waals surface area contributed by atoms with Crippen molar-refractivity contribution in [2.75, 3.05) is 20.2 Å². The molecular formula is C17H16BrN3O4. The van der Waals surface area contributed by atoms with E-state index < -0.39 is 0 Å². The van der Waals surface area contributed by atoms with E-state index in [1.54, 1.807) is 24.3 Å². The topological polar surface area (TPSA) is 95.6 Å². The summed E-state index contributed by atoms with van der Waals surface area (Å²) in [6, 6.07) is 12.1. The van der Waals surface area contributed by atoms with E-state index in [1.807, 2.05) is 12.1 Å². The molecule has 0 aliphatic rings. The monoisotopic (exact) mass is 405 g/mol. The van der Waals surface area contributed by atoms with Crippen molar-refractivity contribution in [3.8, 4) is 11.8 Å². The zero-order valence-corrected chi connectivity index (χ0v) is 15.1. The number of rotatable bonds is 7. The molecule has 0 unspecified atom stereocenters. The Morgan fingerprint density at radius 1 is 1.36 bits per heavy atom. The Bertz CT molecular complexity index is 797. The minimum Gasteiger partial charge on any atom is -0.479 e. The van der Waals surface area contributed by atoms with Gasteiger partial charge in [-0.15, -0.1) is 0 Å². The van der Waals surface area contributed by atoms with Crippen LogP contribution in [0.2, 0.25) is 0 Å². The summed E-state index contributed by atoms with van der Waals surface area (Å²) in [5.41, 5.74) is 0.827. The van der Waals surface area contributed by atoms with E-state index in [2.05, 4.69) is 21.2 Å². The minimum atomic E-state index is -0.382. The Morgan fingerprint density at radius 3 is 2.84 bits per heavy atom. The second kappa shape index (κ2) is 8.89. The molecule has 0 radical (unpaired) electrons. The van der Waals surface area contributed by atoms with Crippen LogP contribution in [0.5, 0.6) is 5.75 Å². The fraction of sp³-hybridized carbons (Fsp3) is 0.235. The molecule has 1 heterocycles. The molecule has 0 saturated heterocycles. The van der Waals surface area contributed by atoms with Crippen molar-refractivity contribution in [1.82, 2.24) is 10.2 Å². The lowest BCUT2D eigenvalue weighted by atomic mass is 10.2. The first-order valence-electron chi connectivity index (χ1n) is 7.36. The third-order valence-corrected chi connectivity index (χ3v) is 3.63. The molecule has 0 atom stereocenters. The van der Waals surface area contributed by atoms with Crippen molar-refractivity contribution in [3.05, 3.63) is 52.4 Å². The third kappa shape index (κ3) is 5.65. The summed E-state index contributed by atoms with van der Waals surface area (Å²) in [4.78, 5) is 25.4. The van der Waals surface area contributed by atoms with Gasteiger partial charge in [-0.25, -0.2) is 0 Å². The van der Waals surface area contributed by atoms with Gasteiger partial charge in [0, 0.05) is 13.6 Å². The van der Waals surface area contributed by atoms with E-state index in [0.717, 1.165) is 5.56 Å². The van der Waals surface area contributed by atoms with E-state index in [1.165, 1.54) is 18.0 Å². The number of hydrogen-bond acceptors (Lipinski definition) is 5. The average molecular weight is 406 g/mol. The number of ether oxygens (including phenoxy) is 1. The minimum absolute atomic E-state index is 0.0361. The first-order valence-corrected chi connectivity index (χ1v) is 8.15. The maximum atomic E-state index is 12.1. The molecule has 1 aromatic carbocycles. The molecule has 0 saturated carbocycles. The maximum Gasteiger partial charge on any atom is 0.289 e. The molecule has 0 aliphatic carbocycles. The fourth-order valence-electron chi connectivity index (χ4n) is 2.02. The zero-order chi connectivity index (χ0) is 18.2. The van der Waals surface area contributed by atoms with Crippen molar-refractivity contribution >= 4 is 27.7 Å². The van der Waals surface area contributed by atoms with Crippen LogP contribution < -0.4 is 10.1 Å². The van der Waals surface area contributed by atoms with Gasteiger partial charge in [0.15, 0.2) is 17.0 Å². The van der Waals surface area contributed by atoms with Crippen LogP contribution in [0.3, 0.4) is 0 Å². The summed E-state index contributed by atoms with van der Waals surface area (Å²) in [5, 5.41) is 11.2. The van der Waals surface area contributed by atoms with E-state index in [4.69, 9.17) is 14.4 Å². The molecule has 1 aromatic heterocycles. The van der Waals surface area contributed by atoms with Crippen LogP contribution in [0.15, 0.2) is 45.5 Å². The number of carbonyl (C=O) groups excluding carboxylic acids is 2. The molecule has 0 fully saturated rings. The predicted octanol–water partition coefficient (Wildman–Crippen LogP) is 2.33. The summed E-state index contributed by atoms with van der Waals surface area (Å²) in [7, 11) is 1.52. The Kier molecular flexibility index (Phi) is 6.60. The molecule has 2 amide bonds. The van der Waals surface area contributed by atoms with Gasteiger partial charge in [0.2, 0.25) is 5.91 Å². The number of halogens is 1. The SMILES string of the molecule is CN(CC(=O)NCc1cccc(OCC#N)c1)C(=O)c1ccc(Br)o1. The molecule has 25 heavy (non-hydrogen) atoms. The van der Waals surface area contributed by atoms with Gasteiger partial charge in [0.1, 0.15) is 11.8 Å². The average Bonchev–Trinajstić information content (AvgIpc) is 3.04. The number of benzene rings is 1. The normalized spacial score (nSPS) is 9.96. The van der Waals surface area contributed by atoms with Gasteiger partial charge in [0.05, 0.1) is 6.54 Å². The Hall–Kier alpha value is -2.79. The number of nitrogens with zero attached hydrogens (tertiary/aromatic N) is 2. The molecule has 8 heteroatoms. The number of carbonyl (C=O) groups is 2. The molecule has 130 valence electrons. The first kappa shape index (κ1) is 18.5. The number of nitriles is 1. The Morgan fingerprint density at radius 2 is 2.16 bits per heavy atom. The third-order valence-electron chi connectivity index (χ3n) is 3.20. The van der Waals surface area contributed by atoms with E-state index >= 15 is 0 Å². The number of likely N-dealkylation sites (N-methyl/N-ethyl adjacent to an activating group) is 1. The standard InChI is InChI=1S/C17H16BrN3O4/c1-21(17(23)14-5-6-15(18)25-14)11-16(22)20-10-12-3-2-4-13(9-12)24-8-7-19/h2-6,9H,8,10-11H2,1H3,(H,20,22). The molecule has 1 N–H and O–H groups in total. The molecule has 0 bridgehead atoms. The lowest BCUT2D eigenvalue weighted by molar-refractivity contribution is -0.121. The summed E-state index contributed by atoms with van der Waals surface area (Å²) >= 11 is 3.13. The highest BCUT2D eigenvalue weighted by Gasteiger charge is 2.18. The van der Waals surface area contributed by atoms with Crippen LogP contribution in [0, 0.1) is 11.3 Å². The molecule has 0 aliphatic heterocycles. The van der Waals surface area contributed by atoms with E-state index in [0.29, 0.717) is 10.4 Å². The lowest BCUT2D eigenvalue weighted by Crippen LogP contribution is -2.38. The molecule has 7 nitrogen and oxygen atoms in total. The lowest BCUT2D eigenvalue weighted by Gasteiger charge is -2.15. The highest BCUT2D eigenvalue weighted by atomic mass is 79.9. The van der Waals surface area contributed by atoms with Crippen LogP contribution >= 0.6 is 15.9 Å². The smallest absolute Gasteiger partial charge is 0.289 e. The number of furan rings is 1. The van der Waals surface area contributed by atoms with Gasteiger partial charge >= 0.3 is 0 Å². The second-order valence-electron chi connectivity index (χ2n) is 5.14. The second-order valence-corrected chi connectivity index (χ2v) is 5.92. The molecule has 0 spiro atoms. The van der Waals surface area contributed by atoms with Crippen molar-refractivity contribution in [1.29, 1.82) is 5.26 Å². The fourth-order valence-corrected chi connectivity index (χ4v) is 2.33. The van der Waals surface area contributed by atoms with Gasteiger partial charge in [-0.1, -0.05) is 12.1 Å². The molecule has 2 aromatic rings. The summed E-state index contributed by atoms with van der Waals surface area (Å²) in [6.07, 6.45) is 0. The van der Waals surface area contributed by atoms with Gasteiger partial charge < -0.3 is 19.4 Å². The van der Waals surface area contributed by atoms with Crippen molar-refractivity contribution in [2.24, 2.45) is 0 Å². The Labute approximate surface area is 153 Å². The van der Waals surface area contributed by atoms with Crippen molar-refractivity contribution < 1.29 is 18.7 Å². The zero-order valence-electron chi connectivity index (χ0n) is 13.5. The quantitative estimate of drug-likeness (QED) is 0.762. The number of amides is 2. The summed E-state index contributed by atoms with van der Waals surface area (Å²) in [6.45, 7) is 0.157. The number of nitrogens with one attached hydrogen (secondary N) is 1. The van der Waals surface area contributed by atoms with Crippen LogP contribution in [-0.2, 0) is 11.3 Å². The van der Waals surface area contributed by atoms with Crippen LogP contribution in [0.4, 0.5) is 0 Å². The van der Waals surface area contributed by atoms with E-state index in [9.17, 15) is 9.59 Å². The molecular weight excluding hydrogens is 390 g/mol. The van der Waals surface area contributed by atoms with E-state index in [-0.39, 0.29) is 37.3 Å². The first-order chi connectivity index (χ1) is 12.0. The van der Waals surface area contributed by atoms with Crippen molar-refractivity contribution in [2.45, 2.75) is 6.54 Å². The van der Waals surface area contributed by atoms with Crippen LogP contribution in [0.1, 0.15) is 16.1 Å². The van der Waals surface area contributed by atoms with Gasteiger partial charge in [-0.3, -0.25) is 9.59 Å².